The third kappa shape index (κ3) is 3.01. The van der Waals surface area contributed by atoms with Gasteiger partial charge in [0.15, 0.2) is 6.23 Å². The van der Waals surface area contributed by atoms with Crippen molar-refractivity contribution in [2.24, 2.45) is 0 Å². The highest BCUT2D eigenvalue weighted by Gasteiger charge is 2.36. The standard InChI is InChI=1S/C20H17FN2O4/c1-12(24)22(2)19-11-23(20(25)27-19)14-7-8-15(16(21)10-14)18-9-13-5-3-4-6-17(13)26-18/h3-10,19H,11H2,1-2H3/t19-/m0/s1. The zero-order valence-corrected chi connectivity index (χ0v) is 14.8. The fraction of sp³-hybridized carbons (Fsp3) is 0.200. The molecule has 138 valence electrons. The second-order valence-electron chi connectivity index (χ2n) is 6.39. The Kier molecular flexibility index (Phi) is 4.07. The predicted octanol–water partition coefficient (Wildman–Crippen LogP) is 4.00. The van der Waals surface area contributed by atoms with Crippen molar-refractivity contribution in [3.63, 3.8) is 0 Å². The van der Waals surface area contributed by atoms with Gasteiger partial charge in [-0.3, -0.25) is 9.69 Å². The first-order valence-corrected chi connectivity index (χ1v) is 8.44. The van der Waals surface area contributed by atoms with Crippen LogP contribution >= 0.6 is 0 Å². The first-order valence-electron chi connectivity index (χ1n) is 8.44. The lowest BCUT2D eigenvalue weighted by molar-refractivity contribution is -0.134. The molecule has 2 amide bonds. The van der Waals surface area contributed by atoms with Crippen molar-refractivity contribution in [2.75, 3.05) is 18.5 Å². The van der Waals surface area contributed by atoms with Crippen LogP contribution < -0.4 is 4.90 Å². The number of amides is 2. The highest BCUT2D eigenvalue weighted by molar-refractivity contribution is 5.91. The molecule has 1 aliphatic heterocycles. The van der Waals surface area contributed by atoms with E-state index in [1.165, 1.54) is 22.8 Å². The molecule has 1 aromatic heterocycles. The van der Waals surface area contributed by atoms with E-state index in [1.54, 1.807) is 25.2 Å². The van der Waals surface area contributed by atoms with Crippen molar-refractivity contribution >= 4 is 28.7 Å². The van der Waals surface area contributed by atoms with Crippen LogP contribution in [0.2, 0.25) is 0 Å². The summed E-state index contributed by atoms with van der Waals surface area (Å²) < 4.78 is 25.6. The minimum atomic E-state index is -0.701. The molecule has 7 heteroatoms. The smallest absolute Gasteiger partial charge is 0.416 e. The molecule has 0 aliphatic carbocycles. The Bertz CT molecular complexity index is 1010. The number of para-hydroxylation sites is 1. The summed E-state index contributed by atoms with van der Waals surface area (Å²) in [6.07, 6.45) is -1.32. The molecule has 3 aromatic rings. The molecule has 0 radical (unpaired) electrons. The lowest BCUT2D eigenvalue weighted by atomic mass is 10.1. The fourth-order valence-electron chi connectivity index (χ4n) is 3.05. The molecule has 1 fully saturated rings. The summed E-state index contributed by atoms with van der Waals surface area (Å²) in [7, 11) is 1.55. The summed E-state index contributed by atoms with van der Waals surface area (Å²) in [5.41, 5.74) is 1.34. The van der Waals surface area contributed by atoms with E-state index in [2.05, 4.69) is 0 Å². The quantitative estimate of drug-likeness (QED) is 0.701. The third-order valence-corrected chi connectivity index (χ3v) is 4.68. The third-order valence-electron chi connectivity index (χ3n) is 4.68. The van der Waals surface area contributed by atoms with Gasteiger partial charge in [-0.15, -0.1) is 0 Å². The molecule has 0 saturated carbocycles. The van der Waals surface area contributed by atoms with Crippen LogP contribution in [0.5, 0.6) is 0 Å². The van der Waals surface area contributed by atoms with E-state index in [1.807, 2.05) is 24.3 Å². The number of likely N-dealkylation sites (N-methyl/N-ethyl adjacent to an activating group) is 1. The number of fused-ring (bicyclic) bond motifs is 1. The molecule has 1 aliphatic rings. The van der Waals surface area contributed by atoms with Crippen molar-refractivity contribution in [3.8, 4) is 11.3 Å². The van der Waals surface area contributed by atoms with E-state index in [0.717, 1.165) is 5.39 Å². The molecule has 1 saturated heterocycles. The molecule has 1 atom stereocenters. The van der Waals surface area contributed by atoms with Crippen molar-refractivity contribution in [1.82, 2.24) is 4.90 Å². The number of furan rings is 1. The van der Waals surface area contributed by atoms with Crippen molar-refractivity contribution in [3.05, 3.63) is 54.3 Å². The topological polar surface area (TPSA) is 63.0 Å². The molecular weight excluding hydrogens is 351 g/mol. The number of benzene rings is 2. The molecule has 0 bridgehead atoms. The maximum Gasteiger partial charge on any atom is 0.416 e. The van der Waals surface area contributed by atoms with Crippen LogP contribution in [-0.2, 0) is 9.53 Å². The van der Waals surface area contributed by atoms with E-state index < -0.39 is 18.1 Å². The van der Waals surface area contributed by atoms with E-state index in [9.17, 15) is 14.0 Å². The summed E-state index contributed by atoms with van der Waals surface area (Å²) >= 11 is 0. The summed E-state index contributed by atoms with van der Waals surface area (Å²) in [5, 5.41) is 0.884. The summed E-state index contributed by atoms with van der Waals surface area (Å²) in [4.78, 5) is 26.2. The largest absolute Gasteiger partial charge is 0.456 e. The van der Waals surface area contributed by atoms with Crippen LogP contribution in [0.1, 0.15) is 6.92 Å². The lowest BCUT2D eigenvalue weighted by Crippen LogP contribution is -2.38. The molecule has 6 nitrogen and oxygen atoms in total. The second kappa shape index (κ2) is 6.42. The summed E-state index contributed by atoms with van der Waals surface area (Å²) in [6, 6.07) is 13.7. The molecular formula is C20H17FN2O4. The first kappa shape index (κ1) is 17.1. The number of anilines is 1. The highest BCUT2D eigenvalue weighted by Crippen LogP contribution is 2.32. The number of carbonyl (C=O) groups excluding carboxylic acids is 2. The SMILES string of the molecule is CC(=O)N(C)[C@@H]1CN(c2ccc(-c3cc4ccccc4o3)c(F)c2)C(=O)O1. The Balaban J connectivity index is 1.62. The Morgan fingerprint density at radius 1 is 1.22 bits per heavy atom. The van der Waals surface area contributed by atoms with Crippen molar-refractivity contribution < 1.29 is 23.1 Å². The maximum atomic E-state index is 14.7. The fourth-order valence-corrected chi connectivity index (χ4v) is 3.05. The first-order chi connectivity index (χ1) is 12.9. The molecule has 27 heavy (non-hydrogen) atoms. The number of hydrogen-bond donors (Lipinski definition) is 0. The number of cyclic esters (lactones) is 1. The Hall–Kier alpha value is -3.35. The maximum absolute atomic E-state index is 14.7. The van der Waals surface area contributed by atoms with Crippen molar-refractivity contribution in [2.45, 2.75) is 13.2 Å². The minimum absolute atomic E-state index is 0.137. The van der Waals surface area contributed by atoms with Gasteiger partial charge in [-0.2, -0.15) is 0 Å². The predicted molar refractivity (Wildman–Crippen MR) is 97.7 cm³/mol. The van der Waals surface area contributed by atoms with Gasteiger partial charge < -0.3 is 14.1 Å². The molecule has 2 heterocycles. The number of rotatable bonds is 3. The normalized spacial score (nSPS) is 16.6. The van der Waals surface area contributed by atoms with Gasteiger partial charge in [-0.1, -0.05) is 18.2 Å². The van der Waals surface area contributed by atoms with E-state index >= 15 is 0 Å². The van der Waals surface area contributed by atoms with Gasteiger partial charge in [0.1, 0.15) is 17.2 Å². The van der Waals surface area contributed by atoms with Gasteiger partial charge >= 0.3 is 6.09 Å². The second-order valence-corrected chi connectivity index (χ2v) is 6.39. The Morgan fingerprint density at radius 3 is 2.70 bits per heavy atom. The minimum Gasteiger partial charge on any atom is -0.456 e. The number of nitrogens with zero attached hydrogens (tertiary/aromatic N) is 2. The highest BCUT2D eigenvalue weighted by atomic mass is 19.1. The summed E-state index contributed by atoms with van der Waals surface area (Å²) in [5.74, 6) is -0.317. The van der Waals surface area contributed by atoms with Gasteiger partial charge in [-0.05, 0) is 30.3 Å². The molecule has 0 unspecified atom stereocenters. The van der Waals surface area contributed by atoms with Crippen LogP contribution in [0.4, 0.5) is 14.9 Å². The van der Waals surface area contributed by atoms with E-state index in [0.29, 0.717) is 22.6 Å². The molecule has 2 aromatic carbocycles. The Labute approximate surface area is 154 Å². The van der Waals surface area contributed by atoms with Crippen LogP contribution in [-0.4, -0.2) is 36.7 Å². The molecule has 0 N–H and O–H groups in total. The number of hydrogen-bond acceptors (Lipinski definition) is 4. The van der Waals surface area contributed by atoms with Crippen LogP contribution in [0.25, 0.3) is 22.3 Å². The van der Waals surface area contributed by atoms with E-state index in [-0.39, 0.29) is 12.5 Å². The van der Waals surface area contributed by atoms with Gasteiger partial charge in [0.2, 0.25) is 5.91 Å². The van der Waals surface area contributed by atoms with E-state index in [4.69, 9.17) is 9.15 Å². The average Bonchev–Trinajstić information content (AvgIpc) is 3.24. The van der Waals surface area contributed by atoms with Gasteiger partial charge in [0.05, 0.1) is 17.8 Å². The van der Waals surface area contributed by atoms with Crippen LogP contribution in [0.3, 0.4) is 0 Å². The molecule has 0 spiro atoms. The van der Waals surface area contributed by atoms with Gasteiger partial charge in [0.25, 0.3) is 0 Å². The van der Waals surface area contributed by atoms with Crippen LogP contribution in [0.15, 0.2) is 52.9 Å². The average molecular weight is 368 g/mol. The lowest BCUT2D eigenvalue weighted by Gasteiger charge is -2.20. The monoisotopic (exact) mass is 368 g/mol. The summed E-state index contributed by atoms with van der Waals surface area (Å²) in [6.45, 7) is 1.52. The molecule has 4 rings (SSSR count). The Morgan fingerprint density at radius 2 is 2.00 bits per heavy atom. The van der Waals surface area contributed by atoms with Crippen molar-refractivity contribution in [1.29, 1.82) is 0 Å². The zero-order valence-electron chi connectivity index (χ0n) is 14.8. The zero-order chi connectivity index (χ0) is 19.1. The van der Waals surface area contributed by atoms with Crippen LogP contribution in [0, 0.1) is 5.82 Å². The number of carbonyl (C=O) groups is 2. The number of halogens is 1. The van der Waals surface area contributed by atoms with Gasteiger partial charge in [0, 0.05) is 19.4 Å². The van der Waals surface area contributed by atoms with Gasteiger partial charge in [-0.25, -0.2) is 9.18 Å². The number of ether oxygens (including phenoxy) is 1.